The molecule has 1 aromatic rings. The van der Waals surface area contributed by atoms with Crippen molar-refractivity contribution in [2.45, 2.75) is 38.9 Å². The quantitative estimate of drug-likeness (QED) is 0.567. The monoisotopic (exact) mass is 284 g/mol. The highest BCUT2D eigenvalue weighted by Gasteiger charge is 2.21. The number of hydrogen-bond acceptors (Lipinski definition) is 5. The molecule has 4 nitrogen and oxygen atoms in total. The van der Waals surface area contributed by atoms with Crippen LogP contribution in [0.15, 0.2) is 12.1 Å². The smallest absolute Gasteiger partial charge is 0.348 e. The molecule has 2 heterocycles. The van der Waals surface area contributed by atoms with Crippen LogP contribution in [0.4, 0.5) is 0 Å². The molecular weight excluding hydrogens is 264 g/mol. The van der Waals surface area contributed by atoms with E-state index in [1.807, 2.05) is 6.07 Å². The lowest BCUT2D eigenvalue weighted by molar-refractivity contribution is -0.0413. The summed E-state index contributed by atoms with van der Waals surface area (Å²) in [5.74, 6) is -0.245. The van der Waals surface area contributed by atoms with Crippen LogP contribution in [-0.4, -0.2) is 25.8 Å². The van der Waals surface area contributed by atoms with Crippen molar-refractivity contribution in [3.8, 4) is 0 Å². The Labute approximate surface area is 117 Å². The Balaban J connectivity index is 1.76. The second kappa shape index (κ2) is 7.62. The first-order valence-corrected chi connectivity index (χ1v) is 7.63. The number of ether oxygens (including phenoxy) is 3. The van der Waals surface area contributed by atoms with Crippen LogP contribution < -0.4 is 0 Å². The standard InChI is InChI=1S/C14H20O4S/c1-2-3-4-5-8-16-13(15)11-6-7-12(19-11)14-17-9-10-18-14/h6-7,14H,2-5,8-10H2,1H3. The summed E-state index contributed by atoms with van der Waals surface area (Å²) in [5.41, 5.74) is 0. The van der Waals surface area contributed by atoms with E-state index in [0.717, 1.165) is 17.7 Å². The number of rotatable bonds is 7. The average molecular weight is 284 g/mol. The van der Waals surface area contributed by atoms with Crippen molar-refractivity contribution in [2.75, 3.05) is 19.8 Å². The molecule has 0 N–H and O–H groups in total. The molecule has 0 spiro atoms. The van der Waals surface area contributed by atoms with E-state index < -0.39 is 0 Å². The fraction of sp³-hybridized carbons (Fsp3) is 0.643. The molecule has 0 bridgehead atoms. The highest BCUT2D eigenvalue weighted by atomic mass is 32.1. The van der Waals surface area contributed by atoms with Gasteiger partial charge in [-0.2, -0.15) is 0 Å². The molecule has 1 saturated heterocycles. The zero-order valence-electron chi connectivity index (χ0n) is 11.2. The van der Waals surface area contributed by atoms with Gasteiger partial charge in [-0.1, -0.05) is 26.2 Å². The maximum Gasteiger partial charge on any atom is 0.348 e. The van der Waals surface area contributed by atoms with Crippen LogP contribution in [0.3, 0.4) is 0 Å². The molecule has 0 amide bonds. The van der Waals surface area contributed by atoms with Crippen LogP contribution in [0.2, 0.25) is 0 Å². The van der Waals surface area contributed by atoms with Crippen LogP contribution in [0, 0.1) is 0 Å². The lowest BCUT2D eigenvalue weighted by atomic mass is 10.2. The molecule has 0 unspecified atom stereocenters. The van der Waals surface area contributed by atoms with Crippen molar-refractivity contribution in [2.24, 2.45) is 0 Å². The summed E-state index contributed by atoms with van der Waals surface area (Å²) >= 11 is 1.38. The minimum Gasteiger partial charge on any atom is -0.462 e. The third-order valence-electron chi connectivity index (χ3n) is 2.91. The van der Waals surface area contributed by atoms with Crippen molar-refractivity contribution < 1.29 is 19.0 Å². The zero-order chi connectivity index (χ0) is 13.5. The van der Waals surface area contributed by atoms with Crippen LogP contribution in [0.5, 0.6) is 0 Å². The second-order valence-electron chi connectivity index (χ2n) is 4.47. The van der Waals surface area contributed by atoms with Crippen molar-refractivity contribution in [1.82, 2.24) is 0 Å². The topological polar surface area (TPSA) is 44.8 Å². The van der Waals surface area contributed by atoms with Gasteiger partial charge in [-0.15, -0.1) is 11.3 Å². The first-order chi connectivity index (χ1) is 9.31. The molecule has 106 valence electrons. The van der Waals surface area contributed by atoms with Crippen molar-refractivity contribution in [3.05, 3.63) is 21.9 Å². The van der Waals surface area contributed by atoms with Crippen LogP contribution in [-0.2, 0) is 14.2 Å². The van der Waals surface area contributed by atoms with Crippen LogP contribution >= 0.6 is 11.3 Å². The van der Waals surface area contributed by atoms with E-state index in [2.05, 4.69) is 6.92 Å². The number of hydrogen-bond donors (Lipinski definition) is 0. The van der Waals surface area contributed by atoms with Gasteiger partial charge in [-0.05, 0) is 18.6 Å². The summed E-state index contributed by atoms with van der Waals surface area (Å²) in [6, 6.07) is 3.65. The third kappa shape index (κ3) is 4.30. The van der Waals surface area contributed by atoms with E-state index in [0.29, 0.717) is 24.7 Å². The molecule has 5 heteroatoms. The van der Waals surface area contributed by atoms with Gasteiger partial charge in [-0.3, -0.25) is 0 Å². The third-order valence-corrected chi connectivity index (χ3v) is 4.00. The molecule has 0 aromatic carbocycles. The van der Waals surface area contributed by atoms with Gasteiger partial charge in [0.05, 0.1) is 24.7 Å². The normalized spacial score (nSPS) is 15.8. The molecule has 19 heavy (non-hydrogen) atoms. The highest BCUT2D eigenvalue weighted by molar-refractivity contribution is 7.14. The fourth-order valence-corrected chi connectivity index (χ4v) is 2.78. The van der Waals surface area contributed by atoms with Gasteiger partial charge in [0.1, 0.15) is 4.88 Å². The minimum absolute atomic E-state index is 0.245. The number of esters is 1. The largest absolute Gasteiger partial charge is 0.462 e. The van der Waals surface area contributed by atoms with Crippen molar-refractivity contribution >= 4 is 17.3 Å². The molecule has 1 aliphatic rings. The van der Waals surface area contributed by atoms with E-state index in [1.54, 1.807) is 6.07 Å². The lowest BCUT2D eigenvalue weighted by Gasteiger charge is -2.05. The zero-order valence-corrected chi connectivity index (χ0v) is 12.0. The number of thiophene rings is 1. The second-order valence-corrected chi connectivity index (χ2v) is 5.59. The number of carbonyl (C=O) groups excluding carboxylic acids is 1. The molecule has 0 radical (unpaired) electrons. The maximum atomic E-state index is 11.8. The first-order valence-electron chi connectivity index (χ1n) is 6.81. The fourth-order valence-electron chi connectivity index (χ4n) is 1.88. The highest BCUT2D eigenvalue weighted by Crippen LogP contribution is 2.29. The number of unbranched alkanes of at least 4 members (excludes halogenated alkanes) is 3. The molecule has 1 aromatic heterocycles. The molecular formula is C14H20O4S. The summed E-state index contributed by atoms with van der Waals surface area (Å²) in [7, 11) is 0. The van der Waals surface area contributed by atoms with Crippen LogP contribution in [0.25, 0.3) is 0 Å². The predicted octanol–water partition coefficient (Wildman–Crippen LogP) is 3.53. The molecule has 0 saturated carbocycles. The van der Waals surface area contributed by atoms with Crippen molar-refractivity contribution in [3.63, 3.8) is 0 Å². The Morgan fingerprint density at radius 2 is 2.11 bits per heavy atom. The van der Waals surface area contributed by atoms with E-state index in [-0.39, 0.29) is 12.3 Å². The molecule has 1 fully saturated rings. The summed E-state index contributed by atoms with van der Waals surface area (Å²) in [5, 5.41) is 0. The molecule has 2 rings (SSSR count). The van der Waals surface area contributed by atoms with Gasteiger partial charge in [0.25, 0.3) is 0 Å². The Hall–Kier alpha value is -0.910. The van der Waals surface area contributed by atoms with Crippen LogP contribution in [0.1, 0.15) is 53.4 Å². The Kier molecular flexibility index (Phi) is 5.82. The Bertz CT molecular complexity index is 396. The van der Waals surface area contributed by atoms with Gasteiger partial charge in [0, 0.05) is 0 Å². The van der Waals surface area contributed by atoms with E-state index >= 15 is 0 Å². The number of carbonyl (C=O) groups is 1. The predicted molar refractivity (Wildman–Crippen MR) is 73.4 cm³/mol. The summed E-state index contributed by atoms with van der Waals surface area (Å²) in [6.45, 7) is 3.88. The molecule has 1 aliphatic heterocycles. The van der Waals surface area contributed by atoms with Crippen molar-refractivity contribution in [1.29, 1.82) is 0 Å². The first kappa shape index (κ1) is 14.5. The Morgan fingerprint density at radius 1 is 1.32 bits per heavy atom. The van der Waals surface area contributed by atoms with Gasteiger partial charge >= 0.3 is 5.97 Å². The van der Waals surface area contributed by atoms with E-state index in [9.17, 15) is 4.79 Å². The maximum absolute atomic E-state index is 11.8. The van der Waals surface area contributed by atoms with Gasteiger partial charge in [0.2, 0.25) is 0 Å². The SMILES string of the molecule is CCCCCCOC(=O)c1ccc(C2OCCO2)s1. The average Bonchev–Trinajstić information content (AvgIpc) is 3.08. The summed E-state index contributed by atoms with van der Waals surface area (Å²) in [4.78, 5) is 13.4. The van der Waals surface area contributed by atoms with Gasteiger partial charge < -0.3 is 14.2 Å². The Morgan fingerprint density at radius 3 is 2.84 bits per heavy atom. The molecule has 0 atom stereocenters. The summed E-state index contributed by atoms with van der Waals surface area (Å²) in [6.07, 6.45) is 4.12. The lowest BCUT2D eigenvalue weighted by Crippen LogP contribution is -2.04. The van der Waals surface area contributed by atoms with E-state index in [4.69, 9.17) is 14.2 Å². The molecule has 0 aliphatic carbocycles. The van der Waals surface area contributed by atoms with Gasteiger partial charge in [0.15, 0.2) is 6.29 Å². The van der Waals surface area contributed by atoms with Gasteiger partial charge in [-0.25, -0.2) is 4.79 Å². The minimum atomic E-state index is -0.309. The summed E-state index contributed by atoms with van der Waals surface area (Å²) < 4.78 is 16.0. The van der Waals surface area contributed by atoms with E-state index in [1.165, 1.54) is 24.2 Å².